The van der Waals surface area contributed by atoms with Gasteiger partial charge in [-0.15, -0.1) is 0 Å². The van der Waals surface area contributed by atoms with E-state index < -0.39 is 0 Å². The molecule has 1 aromatic rings. The number of para-hydroxylation sites is 1. The molecule has 0 bridgehead atoms. The van der Waals surface area contributed by atoms with Gasteiger partial charge < -0.3 is 5.11 Å². The predicted molar refractivity (Wildman–Crippen MR) is 67.5 cm³/mol. The van der Waals surface area contributed by atoms with E-state index in [1.165, 1.54) is 32.1 Å². The molecular weight excluding hydrogens is 196 g/mol. The van der Waals surface area contributed by atoms with Gasteiger partial charge in [0.15, 0.2) is 0 Å². The summed E-state index contributed by atoms with van der Waals surface area (Å²) in [5.74, 6) is 1.19. The van der Waals surface area contributed by atoms with Crippen LogP contribution in [0.2, 0.25) is 0 Å². The number of phenolic OH excluding ortho intramolecular Hbond substituents is 1. The Hall–Kier alpha value is -1.24. The predicted octanol–water partition coefficient (Wildman–Crippen LogP) is 4.07. The van der Waals surface area contributed by atoms with E-state index in [0.717, 1.165) is 17.9 Å². The van der Waals surface area contributed by atoms with Crippen LogP contribution in [0.15, 0.2) is 36.4 Å². The van der Waals surface area contributed by atoms with Crippen molar-refractivity contribution in [3.63, 3.8) is 0 Å². The van der Waals surface area contributed by atoms with Gasteiger partial charge in [0.05, 0.1) is 0 Å². The van der Waals surface area contributed by atoms with Crippen molar-refractivity contribution in [2.75, 3.05) is 0 Å². The molecule has 0 atom stereocenters. The van der Waals surface area contributed by atoms with Gasteiger partial charge in [-0.3, -0.25) is 0 Å². The van der Waals surface area contributed by atoms with Gasteiger partial charge in [-0.05, 0) is 36.8 Å². The third-order valence-electron chi connectivity index (χ3n) is 3.39. The van der Waals surface area contributed by atoms with Crippen molar-refractivity contribution < 1.29 is 5.11 Å². The van der Waals surface area contributed by atoms with Crippen molar-refractivity contribution in [2.24, 2.45) is 5.92 Å². The molecule has 1 heteroatoms. The second-order valence-corrected chi connectivity index (χ2v) is 4.66. The van der Waals surface area contributed by atoms with Gasteiger partial charge in [-0.1, -0.05) is 49.6 Å². The highest BCUT2D eigenvalue weighted by Crippen LogP contribution is 2.25. The fraction of sp³-hybridized carbons (Fsp3) is 0.467. The Bertz CT molecular complexity index is 348. The highest BCUT2D eigenvalue weighted by atomic mass is 16.3. The lowest BCUT2D eigenvalue weighted by atomic mass is 9.89. The normalized spacial score (nSPS) is 18.0. The van der Waals surface area contributed by atoms with Crippen LogP contribution in [0.4, 0.5) is 0 Å². The number of aromatic hydroxyl groups is 1. The minimum atomic E-state index is 0.413. The number of rotatable bonds is 3. The molecule has 2 rings (SSSR count). The van der Waals surface area contributed by atoms with E-state index in [-0.39, 0.29) is 0 Å². The van der Waals surface area contributed by atoms with Crippen molar-refractivity contribution in [1.82, 2.24) is 0 Å². The van der Waals surface area contributed by atoms with Crippen LogP contribution >= 0.6 is 0 Å². The van der Waals surface area contributed by atoms with E-state index in [2.05, 4.69) is 12.2 Å². The number of benzene rings is 1. The molecule has 0 radical (unpaired) electrons. The zero-order valence-electron chi connectivity index (χ0n) is 9.73. The Morgan fingerprint density at radius 2 is 1.88 bits per heavy atom. The fourth-order valence-corrected chi connectivity index (χ4v) is 2.40. The standard InChI is InChI=1S/C15H20O/c16-15-12-5-4-10-14(15)11-6-9-13-7-2-1-3-8-13/h4-6,9-10,12-13,16H,1-3,7-8,11H2. The van der Waals surface area contributed by atoms with Crippen molar-refractivity contribution in [1.29, 1.82) is 0 Å². The van der Waals surface area contributed by atoms with Crippen molar-refractivity contribution in [3.8, 4) is 5.75 Å². The molecule has 1 N–H and O–H groups in total. The Morgan fingerprint density at radius 1 is 1.12 bits per heavy atom. The first kappa shape index (κ1) is 11.3. The summed E-state index contributed by atoms with van der Waals surface area (Å²) in [6.45, 7) is 0. The largest absolute Gasteiger partial charge is 0.508 e. The summed E-state index contributed by atoms with van der Waals surface area (Å²) in [4.78, 5) is 0. The van der Waals surface area contributed by atoms with Gasteiger partial charge >= 0.3 is 0 Å². The number of hydrogen-bond donors (Lipinski definition) is 1. The SMILES string of the molecule is Oc1ccccc1CC=CC1CCCCC1. The van der Waals surface area contributed by atoms with Crippen LogP contribution in [0.3, 0.4) is 0 Å². The number of allylic oxidation sites excluding steroid dienone is 2. The molecule has 1 nitrogen and oxygen atoms in total. The maximum atomic E-state index is 9.61. The van der Waals surface area contributed by atoms with Gasteiger partial charge in [0.2, 0.25) is 0 Å². The van der Waals surface area contributed by atoms with Crippen molar-refractivity contribution in [3.05, 3.63) is 42.0 Å². The van der Waals surface area contributed by atoms with E-state index >= 15 is 0 Å². The summed E-state index contributed by atoms with van der Waals surface area (Å²) < 4.78 is 0. The Labute approximate surface area is 97.8 Å². The molecule has 86 valence electrons. The van der Waals surface area contributed by atoms with Crippen LogP contribution < -0.4 is 0 Å². The maximum absolute atomic E-state index is 9.61. The van der Waals surface area contributed by atoms with E-state index in [1.54, 1.807) is 6.07 Å². The van der Waals surface area contributed by atoms with Crippen LogP contribution in [0.1, 0.15) is 37.7 Å². The van der Waals surface area contributed by atoms with Crippen LogP contribution in [0.25, 0.3) is 0 Å². The molecule has 16 heavy (non-hydrogen) atoms. The topological polar surface area (TPSA) is 20.2 Å². The molecule has 0 aromatic heterocycles. The van der Waals surface area contributed by atoms with Gasteiger partial charge in [-0.2, -0.15) is 0 Å². The lowest BCUT2D eigenvalue weighted by molar-refractivity contribution is 0.419. The third-order valence-corrected chi connectivity index (χ3v) is 3.39. The van der Waals surface area contributed by atoms with E-state index in [0.29, 0.717) is 5.75 Å². The molecule has 0 saturated heterocycles. The molecule has 0 spiro atoms. The molecule has 1 aliphatic carbocycles. The zero-order valence-corrected chi connectivity index (χ0v) is 9.73. The van der Waals surface area contributed by atoms with Gasteiger partial charge in [0.25, 0.3) is 0 Å². The Balaban J connectivity index is 1.86. The second kappa shape index (κ2) is 5.74. The summed E-state index contributed by atoms with van der Waals surface area (Å²) >= 11 is 0. The first-order chi connectivity index (χ1) is 7.86. The lowest BCUT2D eigenvalue weighted by Crippen LogP contribution is -2.02. The smallest absolute Gasteiger partial charge is 0.119 e. The molecule has 0 amide bonds. The van der Waals surface area contributed by atoms with E-state index in [1.807, 2.05) is 18.2 Å². The van der Waals surface area contributed by atoms with Crippen LogP contribution in [0.5, 0.6) is 5.75 Å². The average molecular weight is 216 g/mol. The molecule has 0 unspecified atom stereocenters. The molecule has 1 fully saturated rings. The van der Waals surface area contributed by atoms with E-state index in [4.69, 9.17) is 0 Å². The highest BCUT2D eigenvalue weighted by Gasteiger charge is 2.09. The van der Waals surface area contributed by atoms with Gasteiger partial charge in [0, 0.05) is 0 Å². The van der Waals surface area contributed by atoms with E-state index in [9.17, 15) is 5.11 Å². The monoisotopic (exact) mass is 216 g/mol. The Kier molecular flexibility index (Phi) is 4.03. The minimum Gasteiger partial charge on any atom is -0.508 e. The molecule has 1 saturated carbocycles. The molecular formula is C15H20O. The van der Waals surface area contributed by atoms with Crippen molar-refractivity contribution >= 4 is 0 Å². The molecule has 0 heterocycles. The number of hydrogen-bond acceptors (Lipinski definition) is 1. The average Bonchev–Trinajstić information content (AvgIpc) is 2.33. The zero-order chi connectivity index (χ0) is 11.2. The number of phenols is 1. The summed E-state index contributed by atoms with van der Waals surface area (Å²) in [6.07, 6.45) is 12.3. The summed E-state index contributed by atoms with van der Waals surface area (Å²) in [5, 5.41) is 9.61. The quantitative estimate of drug-likeness (QED) is 0.755. The van der Waals surface area contributed by atoms with Gasteiger partial charge in [-0.25, -0.2) is 0 Å². The van der Waals surface area contributed by atoms with Crippen LogP contribution in [-0.4, -0.2) is 5.11 Å². The minimum absolute atomic E-state index is 0.413. The highest BCUT2D eigenvalue weighted by molar-refractivity contribution is 5.33. The third kappa shape index (κ3) is 3.13. The second-order valence-electron chi connectivity index (χ2n) is 4.66. The van der Waals surface area contributed by atoms with Crippen LogP contribution in [0, 0.1) is 5.92 Å². The summed E-state index contributed by atoms with van der Waals surface area (Å²) in [5.41, 5.74) is 1.02. The summed E-state index contributed by atoms with van der Waals surface area (Å²) in [7, 11) is 0. The van der Waals surface area contributed by atoms with Crippen LogP contribution in [-0.2, 0) is 6.42 Å². The first-order valence-electron chi connectivity index (χ1n) is 6.30. The molecule has 1 aromatic carbocycles. The molecule has 1 aliphatic rings. The summed E-state index contributed by atoms with van der Waals surface area (Å²) in [6, 6.07) is 7.58. The molecule has 0 aliphatic heterocycles. The first-order valence-corrected chi connectivity index (χ1v) is 6.30. The maximum Gasteiger partial charge on any atom is 0.119 e. The van der Waals surface area contributed by atoms with Crippen molar-refractivity contribution in [2.45, 2.75) is 38.5 Å². The fourth-order valence-electron chi connectivity index (χ4n) is 2.40. The lowest BCUT2D eigenvalue weighted by Gasteiger charge is -2.17. The Morgan fingerprint density at radius 3 is 2.62 bits per heavy atom. The van der Waals surface area contributed by atoms with Gasteiger partial charge in [0.1, 0.15) is 5.75 Å².